The van der Waals surface area contributed by atoms with Gasteiger partial charge in [0.05, 0.1) is 12.6 Å². The minimum absolute atomic E-state index is 0.210. The van der Waals surface area contributed by atoms with Crippen molar-refractivity contribution in [2.75, 3.05) is 0 Å². The van der Waals surface area contributed by atoms with Gasteiger partial charge in [-0.05, 0) is 17.9 Å². The van der Waals surface area contributed by atoms with Crippen molar-refractivity contribution in [1.82, 2.24) is 14.9 Å². The van der Waals surface area contributed by atoms with Gasteiger partial charge in [0, 0.05) is 12.4 Å². The summed E-state index contributed by atoms with van der Waals surface area (Å²) >= 11 is 0. The Hall–Kier alpha value is -2.10. The highest BCUT2D eigenvalue weighted by Gasteiger charge is 2.10. The monoisotopic (exact) mass is 301 g/mol. The van der Waals surface area contributed by atoms with E-state index in [1.807, 2.05) is 24.4 Å². The third-order valence-corrected chi connectivity index (χ3v) is 2.79. The van der Waals surface area contributed by atoms with Crippen molar-refractivity contribution >= 4 is 6.41 Å². The fourth-order valence-corrected chi connectivity index (χ4v) is 1.86. The summed E-state index contributed by atoms with van der Waals surface area (Å²) in [4.78, 5) is 14.5. The Kier molecular flexibility index (Phi) is 6.83. The normalized spacial score (nSPS) is 12.0. The molecule has 120 valence electrons. The molecule has 1 heterocycles. The molecule has 4 nitrogen and oxygen atoms in total. The molecule has 0 bridgehead atoms. The lowest BCUT2D eigenvalue weighted by Crippen LogP contribution is -2.17. The van der Waals surface area contributed by atoms with E-state index in [2.05, 4.69) is 61.6 Å². The number of hydrogen-bond donors (Lipinski definition) is 1. The Morgan fingerprint density at radius 2 is 1.82 bits per heavy atom. The maximum absolute atomic E-state index is 10.3. The molecular formula is C18H27N3O. The number of carbonyl (C=O) groups excluding carboxylic acids is 1. The predicted molar refractivity (Wildman–Crippen MR) is 90.5 cm³/mol. The Morgan fingerprint density at radius 1 is 1.23 bits per heavy atom. The van der Waals surface area contributed by atoms with Crippen LogP contribution in [0, 0.1) is 5.41 Å². The number of aromatic nitrogens is 2. The van der Waals surface area contributed by atoms with Crippen LogP contribution in [0.5, 0.6) is 0 Å². The second kappa shape index (κ2) is 8.37. The maximum Gasteiger partial charge on any atom is 0.207 e. The molecule has 0 radical (unpaired) electrons. The third-order valence-electron chi connectivity index (χ3n) is 2.79. The molecule has 4 heteroatoms. The van der Waals surface area contributed by atoms with Crippen molar-refractivity contribution in [3.63, 3.8) is 0 Å². The molecule has 0 aliphatic rings. The van der Waals surface area contributed by atoms with Crippen molar-refractivity contribution < 1.29 is 4.79 Å². The lowest BCUT2D eigenvalue weighted by molar-refractivity contribution is -0.109. The van der Waals surface area contributed by atoms with Crippen LogP contribution in [0.1, 0.15) is 52.0 Å². The van der Waals surface area contributed by atoms with Gasteiger partial charge in [-0.3, -0.25) is 4.79 Å². The summed E-state index contributed by atoms with van der Waals surface area (Å²) in [6.07, 6.45) is 4.37. The van der Waals surface area contributed by atoms with Gasteiger partial charge < -0.3 is 9.88 Å². The van der Waals surface area contributed by atoms with Gasteiger partial charge in [0.2, 0.25) is 6.41 Å². The van der Waals surface area contributed by atoms with Crippen LogP contribution in [0.15, 0.2) is 42.7 Å². The summed E-state index contributed by atoms with van der Waals surface area (Å²) in [5.41, 5.74) is 1.72. The molecule has 1 N–H and O–H groups in total. The zero-order valence-corrected chi connectivity index (χ0v) is 14.2. The molecule has 22 heavy (non-hydrogen) atoms. The first-order valence-electron chi connectivity index (χ1n) is 7.56. The second-order valence-corrected chi connectivity index (χ2v) is 6.84. The van der Waals surface area contributed by atoms with Crippen molar-refractivity contribution in [1.29, 1.82) is 0 Å². The highest BCUT2D eigenvalue weighted by molar-refractivity contribution is 5.45. The molecule has 0 fully saturated rings. The average Bonchev–Trinajstić information content (AvgIpc) is 2.92. The Labute approximate surface area is 133 Å². The quantitative estimate of drug-likeness (QED) is 0.854. The lowest BCUT2D eigenvalue weighted by Gasteiger charge is -2.16. The van der Waals surface area contributed by atoms with Gasteiger partial charge >= 0.3 is 0 Å². The summed E-state index contributed by atoms with van der Waals surface area (Å²) in [6, 6.07) is 10.4. The topological polar surface area (TPSA) is 46.9 Å². The molecule has 1 aromatic heterocycles. The summed E-state index contributed by atoms with van der Waals surface area (Å²) in [5, 5.41) is 2.63. The molecule has 0 saturated heterocycles. The van der Waals surface area contributed by atoms with Crippen molar-refractivity contribution in [2.45, 2.75) is 47.2 Å². The SMILES string of the molecule is CC(C)(C)C.CC(c1ccccc1)n1ccnc1CNC=O. The third kappa shape index (κ3) is 6.57. The summed E-state index contributed by atoms with van der Waals surface area (Å²) in [7, 11) is 0. The van der Waals surface area contributed by atoms with Crippen molar-refractivity contribution in [3.8, 4) is 0 Å². The molecule has 0 saturated carbocycles. The van der Waals surface area contributed by atoms with E-state index in [0.29, 0.717) is 18.4 Å². The fourth-order valence-electron chi connectivity index (χ4n) is 1.86. The first kappa shape index (κ1) is 18.0. The Bertz CT molecular complexity index is 549. The first-order chi connectivity index (χ1) is 10.3. The number of benzene rings is 1. The average molecular weight is 301 g/mol. The zero-order valence-electron chi connectivity index (χ0n) is 14.2. The van der Waals surface area contributed by atoms with E-state index in [4.69, 9.17) is 0 Å². The molecule has 0 aliphatic heterocycles. The molecular weight excluding hydrogens is 274 g/mol. The van der Waals surface area contributed by atoms with Crippen molar-refractivity contribution in [2.24, 2.45) is 5.41 Å². The minimum Gasteiger partial charge on any atom is -0.351 e. The number of nitrogens with one attached hydrogen (secondary N) is 1. The van der Waals surface area contributed by atoms with Crippen molar-refractivity contribution in [3.05, 3.63) is 54.1 Å². The van der Waals surface area contributed by atoms with Gasteiger partial charge in [0.25, 0.3) is 0 Å². The van der Waals surface area contributed by atoms with Gasteiger partial charge in [-0.25, -0.2) is 4.98 Å². The Balaban J connectivity index is 0.000000422. The number of hydrogen-bond acceptors (Lipinski definition) is 2. The first-order valence-corrected chi connectivity index (χ1v) is 7.56. The van der Waals surface area contributed by atoms with Crippen LogP contribution < -0.4 is 5.32 Å². The Morgan fingerprint density at radius 3 is 2.36 bits per heavy atom. The van der Waals surface area contributed by atoms with Crippen LogP contribution in [0.2, 0.25) is 0 Å². The van der Waals surface area contributed by atoms with Crippen LogP contribution >= 0.6 is 0 Å². The standard InChI is InChI=1S/C13H15N3O.C5H12/c1-11(12-5-3-2-4-6-12)16-8-7-15-13(16)9-14-10-17;1-5(2,3)4/h2-8,10-11H,9H2,1H3,(H,14,17);1-4H3. The van der Waals surface area contributed by atoms with E-state index in [1.54, 1.807) is 6.20 Å². The smallest absolute Gasteiger partial charge is 0.207 e. The molecule has 1 atom stereocenters. The number of imidazole rings is 1. The molecule has 2 aromatic rings. The number of amides is 1. The second-order valence-electron chi connectivity index (χ2n) is 6.84. The van der Waals surface area contributed by atoms with Gasteiger partial charge in [-0.1, -0.05) is 58.0 Å². The highest BCUT2D eigenvalue weighted by Crippen LogP contribution is 2.18. The maximum atomic E-state index is 10.3. The van der Waals surface area contributed by atoms with E-state index < -0.39 is 0 Å². The van der Waals surface area contributed by atoms with Gasteiger partial charge in [0.1, 0.15) is 5.82 Å². The summed E-state index contributed by atoms with van der Waals surface area (Å²) in [6.45, 7) is 11.3. The predicted octanol–water partition coefficient (Wildman–Crippen LogP) is 3.79. The van der Waals surface area contributed by atoms with Crippen LogP contribution in [-0.2, 0) is 11.3 Å². The lowest BCUT2D eigenvalue weighted by atomic mass is 10.0. The zero-order chi connectivity index (χ0) is 16.6. The number of nitrogens with zero attached hydrogens (tertiary/aromatic N) is 2. The summed E-state index contributed by atoms with van der Waals surface area (Å²) < 4.78 is 2.06. The van der Waals surface area contributed by atoms with E-state index in [0.717, 1.165) is 5.82 Å². The van der Waals surface area contributed by atoms with E-state index >= 15 is 0 Å². The van der Waals surface area contributed by atoms with Crippen LogP contribution in [0.3, 0.4) is 0 Å². The van der Waals surface area contributed by atoms with Gasteiger partial charge in [0.15, 0.2) is 0 Å². The molecule has 1 unspecified atom stereocenters. The van der Waals surface area contributed by atoms with Crippen LogP contribution in [0.25, 0.3) is 0 Å². The van der Waals surface area contributed by atoms with E-state index in [9.17, 15) is 4.79 Å². The molecule has 0 spiro atoms. The summed E-state index contributed by atoms with van der Waals surface area (Å²) in [5.74, 6) is 0.855. The fraction of sp³-hybridized carbons (Fsp3) is 0.444. The van der Waals surface area contributed by atoms with Gasteiger partial charge in [-0.2, -0.15) is 0 Å². The van der Waals surface area contributed by atoms with E-state index in [-0.39, 0.29) is 6.04 Å². The minimum atomic E-state index is 0.210. The molecule has 1 amide bonds. The molecule has 1 aromatic carbocycles. The largest absolute Gasteiger partial charge is 0.351 e. The van der Waals surface area contributed by atoms with Gasteiger partial charge in [-0.15, -0.1) is 0 Å². The highest BCUT2D eigenvalue weighted by atomic mass is 16.1. The molecule has 2 rings (SSSR count). The van der Waals surface area contributed by atoms with E-state index in [1.165, 1.54) is 5.56 Å². The molecule has 0 aliphatic carbocycles. The van der Waals surface area contributed by atoms with Crippen LogP contribution in [-0.4, -0.2) is 16.0 Å². The number of rotatable bonds is 5. The van der Waals surface area contributed by atoms with Crippen LogP contribution in [0.4, 0.5) is 0 Å². The number of carbonyl (C=O) groups is 1.